The van der Waals surface area contributed by atoms with Crippen LogP contribution < -0.4 is 9.80 Å². The lowest BCUT2D eigenvalue weighted by molar-refractivity contribution is 1.29. The number of hydrogen-bond acceptors (Lipinski definition) is 2. The van der Waals surface area contributed by atoms with E-state index in [-0.39, 0.29) is 0 Å². The fourth-order valence-corrected chi connectivity index (χ4v) is 7.71. The smallest absolute Gasteiger partial charge is 0.0618 e. The molecule has 9 aromatic carbocycles. The molecule has 0 atom stereocenters. The Morgan fingerprint density at radius 1 is 0.288 bits per heavy atom. The van der Waals surface area contributed by atoms with E-state index in [2.05, 4.69) is 218 Å². The third-order valence-corrected chi connectivity index (χ3v) is 10.2. The molecular formula is C50H38N2. The van der Waals surface area contributed by atoms with Crippen LogP contribution in [-0.4, -0.2) is 0 Å². The second kappa shape index (κ2) is 13.2. The standard InChI is InChI=1S/C50H38N2/c1-35-25-29-39(30-26-35)51(37-15-5-3-6-16-37)48-34-33-45(41-19-9-10-20-42(41)48)49-43-21-11-13-23-46(43)50(47-24-14-12-22-44(47)49)52(38-17-7-4-8-18-38)40-31-27-36(2)28-32-40/h3-34H,1-2H3. The molecule has 0 aromatic heterocycles. The van der Waals surface area contributed by atoms with Gasteiger partial charge in [-0.25, -0.2) is 0 Å². The molecule has 52 heavy (non-hydrogen) atoms. The lowest BCUT2D eigenvalue weighted by atomic mass is 9.87. The molecule has 9 aromatic rings. The molecule has 0 unspecified atom stereocenters. The largest absolute Gasteiger partial charge is 0.310 e. The van der Waals surface area contributed by atoms with Gasteiger partial charge in [0.2, 0.25) is 0 Å². The van der Waals surface area contributed by atoms with Gasteiger partial charge in [0, 0.05) is 38.9 Å². The highest BCUT2D eigenvalue weighted by Crippen LogP contribution is 2.50. The summed E-state index contributed by atoms with van der Waals surface area (Å²) in [7, 11) is 0. The summed E-state index contributed by atoms with van der Waals surface area (Å²) in [5.41, 5.74) is 11.8. The van der Waals surface area contributed by atoms with Crippen molar-refractivity contribution in [3.05, 3.63) is 205 Å². The van der Waals surface area contributed by atoms with E-state index in [1.807, 2.05) is 0 Å². The van der Waals surface area contributed by atoms with Crippen LogP contribution in [0.1, 0.15) is 11.1 Å². The molecule has 9 rings (SSSR count). The average molecular weight is 667 g/mol. The molecule has 0 saturated heterocycles. The third kappa shape index (κ3) is 5.46. The minimum absolute atomic E-state index is 1.13. The zero-order valence-electron chi connectivity index (χ0n) is 29.4. The summed E-state index contributed by atoms with van der Waals surface area (Å²) < 4.78 is 0. The molecule has 0 fully saturated rings. The van der Waals surface area contributed by atoms with Gasteiger partial charge in [0.1, 0.15) is 0 Å². The highest BCUT2D eigenvalue weighted by atomic mass is 15.1. The summed E-state index contributed by atoms with van der Waals surface area (Å²) in [6, 6.07) is 70.5. The van der Waals surface area contributed by atoms with Gasteiger partial charge < -0.3 is 9.80 Å². The molecule has 248 valence electrons. The van der Waals surface area contributed by atoms with Gasteiger partial charge in [-0.15, -0.1) is 0 Å². The van der Waals surface area contributed by atoms with Crippen LogP contribution in [0.3, 0.4) is 0 Å². The Morgan fingerprint density at radius 2 is 0.673 bits per heavy atom. The fourth-order valence-electron chi connectivity index (χ4n) is 7.71. The van der Waals surface area contributed by atoms with Gasteiger partial charge >= 0.3 is 0 Å². The Labute approximate surface area is 305 Å². The molecule has 0 aliphatic rings. The first-order chi connectivity index (χ1) is 25.7. The molecule has 0 N–H and O–H groups in total. The van der Waals surface area contributed by atoms with Crippen molar-refractivity contribution in [2.75, 3.05) is 9.80 Å². The van der Waals surface area contributed by atoms with Crippen LogP contribution in [0.4, 0.5) is 34.1 Å². The topological polar surface area (TPSA) is 6.48 Å². The van der Waals surface area contributed by atoms with Crippen LogP contribution in [-0.2, 0) is 0 Å². The number of rotatable bonds is 7. The van der Waals surface area contributed by atoms with Crippen LogP contribution in [0.15, 0.2) is 194 Å². The summed E-state index contributed by atoms with van der Waals surface area (Å²) in [5, 5.41) is 7.28. The summed E-state index contributed by atoms with van der Waals surface area (Å²) in [5.74, 6) is 0. The van der Waals surface area contributed by atoms with Crippen LogP contribution in [0.2, 0.25) is 0 Å². The van der Waals surface area contributed by atoms with Gasteiger partial charge in [0.15, 0.2) is 0 Å². The first-order valence-corrected chi connectivity index (χ1v) is 17.9. The lowest BCUT2D eigenvalue weighted by Crippen LogP contribution is -2.11. The van der Waals surface area contributed by atoms with E-state index in [0.29, 0.717) is 0 Å². The number of fused-ring (bicyclic) bond motifs is 3. The first-order valence-electron chi connectivity index (χ1n) is 17.9. The molecule has 2 nitrogen and oxygen atoms in total. The second-order valence-corrected chi connectivity index (χ2v) is 13.5. The van der Waals surface area contributed by atoms with Crippen LogP contribution >= 0.6 is 0 Å². The molecule has 0 radical (unpaired) electrons. The number of benzene rings is 9. The minimum Gasteiger partial charge on any atom is -0.310 e. The highest BCUT2D eigenvalue weighted by molar-refractivity contribution is 6.25. The molecule has 0 aliphatic heterocycles. The van der Waals surface area contributed by atoms with E-state index in [4.69, 9.17) is 0 Å². The SMILES string of the molecule is Cc1ccc(N(c2ccccc2)c2ccc(-c3c4ccccc4c(N(c4ccccc4)c4ccc(C)cc4)c4ccccc34)c3ccccc23)cc1. The zero-order valence-corrected chi connectivity index (χ0v) is 29.4. The van der Waals surface area contributed by atoms with E-state index in [1.54, 1.807) is 0 Å². The summed E-state index contributed by atoms with van der Waals surface area (Å²) >= 11 is 0. The molecule has 0 aliphatic carbocycles. The van der Waals surface area contributed by atoms with E-state index in [9.17, 15) is 0 Å². The number of nitrogens with zero attached hydrogens (tertiary/aromatic N) is 2. The number of aryl methyl sites for hydroxylation is 2. The quantitative estimate of drug-likeness (QED) is 0.156. The van der Waals surface area contributed by atoms with Crippen LogP contribution in [0, 0.1) is 13.8 Å². The molecule has 0 spiro atoms. The molecule has 0 saturated carbocycles. The van der Waals surface area contributed by atoms with Crippen molar-refractivity contribution in [1.82, 2.24) is 0 Å². The second-order valence-electron chi connectivity index (χ2n) is 13.5. The van der Waals surface area contributed by atoms with Crippen molar-refractivity contribution in [2.45, 2.75) is 13.8 Å². The summed E-state index contributed by atoms with van der Waals surface area (Å²) in [6.07, 6.45) is 0. The monoisotopic (exact) mass is 666 g/mol. The van der Waals surface area contributed by atoms with Crippen molar-refractivity contribution in [3.8, 4) is 11.1 Å². The van der Waals surface area contributed by atoms with Crippen molar-refractivity contribution >= 4 is 66.4 Å². The van der Waals surface area contributed by atoms with E-state index in [0.717, 1.165) is 28.4 Å². The summed E-state index contributed by atoms with van der Waals surface area (Å²) in [6.45, 7) is 4.28. The molecule has 2 heteroatoms. The maximum absolute atomic E-state index is 2.43. The van der Waals surface area contributed by atoms with Crippen LogP contribution in [0.25, 0.3) is 43.4 Å². The van der Waals surface area contributed by atoms with Gasteiger partial charge in [0.25, 0.3) is 0 Å². The Kier molecular flexibility index (Phi) is 7.98. The predicted octanol–water partition coefficient (Wildman–Crippen LogP) is 14.4. The highest BCUT2D eigenvalue weighted by Gasteiger charge is 2.24. The summed E-state index contributed by atoms with van der Waals surface area (Å²) in [4.78, 5) is 4.80. The fraction of sp³-hybridized carbons (Fsp3) is 0.0400. The molecule has 0 amide bonds. The Morgan fingerprint density at radius 3 is 1.19 bits per heavy atom. The number of hydrogen-bond donors (Lipinski definition) is 0. The van der Waals surface area contributed by atoms with E-state index < -0.39 is 0 Å². The predicted molar refractivity (Wildman–Crippen MR) is 223 cm³/mol. The third-order valence-electron chi connectivity index (χ3n) is 10.2. The van der Waals surface area contributed by atoms with Crippen molar-refractivity contribution in [2.24, 2.45) is 0 Å². The molecule has 0 heterocycles. The number of anilines is 6. The van der Waals surface area contributed by atoms with E-state index >= 15 is 0 Å². The Hall–Kier alpha value is -6.64. The van der Waals surface area contributed by atoms with Gasteiger partial charge in [-0.3, -0.25) is 0 Å². The number of para-hydroxylation sites is 2. The molecular weight excluding hydrogens is 629 g/mol. The molecule has 0 bridgehead atoms. The maximum atomic E-state index is 2.43. The van der Waals surface area contributed by atoms with E-state index in [1.165, 1.54) is 60.3 Å². The first kappa shape index (κ1) is 31.3. The minimum atomic E-state index is 1.13. The lowest BCUT2D eigenvalue weighted by Gasteiger charge is -2.30. The van der Waals surface area contributed by atoms with Crippen molar-refractivity contribution in [1.29, 1.82) is 0 Å². The van der Waals surface area contributed by atoms with Crippen molar-refractivity contribution < 1.29 is 0 Å². The zero-order chi connectivity index (χ0) is 35.0. The van der Waals surface area contributed by atoms with Crippen molar-refractivity contribution in [3.63, 3.8) is 0 Å². The average Bonchev–Trinajstić information content (AvgIpc) is 3.20. The maximum Gasteiger partial charge on any atom is 0.0618 e. The van der Waals surface area contributed by atoms with Crippen LogP contribution in [0.5, 0.6) is 0 Å². The normalized spacial score (nSPS) is 11.3. The van der Waals surface area contributed by atoms with Gasteiger partial charge in [0.05, 0.1) is 11.4 Å². The Bertz CT molecular complexity index is 2620. The Balaban J connectivity index is 1.34. The van der Waals surface area contributed by atoms with Gasteiger partial charge in [-0.05, 0) is 95.7 Å². The van der Waals surface area contributed by atoms with Gasteiger partial charge in [-0.1, -0.05) is 151 Å². The van der Waals surface area contributed by atoms with Gasteiger partial charge in [-0.2, -0.15) is 0 Å².